The van der Waals surface area contributed by atoms with E-state index in [-0.39, 0.29) is 13.2 Å². The van der Waals surface area contributed by atoms with Crippen LogP contribution in [0.3, 0.4) is 0 Å². The van der Waals surface area contributed by atoms with Crippen molar-refractivity contribution in [3.8, 4) is 0 Å². The van der Waals surface area contributed by atoms with Crippen molar-refractivity contribution >= 4 is 11.9 Å². The van der Waals surface area contributed by atoms with Crippen molar-refractivity contribution in [2.45, 2.75) is 33.1 Å². The predicted octanol–water partition coefficient (Wildman–Crippen LogP) is 4.18. The van der Waals surface area contributed by atoms with Crippen molar-refractivity contribution in [2.75, 3.05) is 13.2 Å². The van der Waals surface area contributed by atoms with E-state index < -0.39 is 11.9 Å². The molecule has 0 aliphatic carbocycles. The lowest BCUT2D eigenvalue weighted by Gasteiger charge is -2.17. The minimum Gasteiger partial charge on any atom is -0.478 e. The van der Waals surface area contributed by atoms with Gasteiger partial charge in [-0.25, -0.2) is 9.59 Å². The van der Waals surface area contributed by atoms with Gasteiger partial charge in [-0.2, -0.15) is 0 Å². The lowest BCUT2D eigenvalue weighted by atomic mass is 9.92. The number of carbonyl (C=O) groups is 2. The summed E-state index contributed by atoms with van der Waals surface area (Å²) in [4.78, 5) is 20.4. The van der Waals surface area contributed by atoms with E-state index in [0.29, 0.717) is 23.0 Å². The van der Waals surface area contributed by atoms with Gasteiger partial charge in [-0.1, -0.05) is 63.1 Å². The van der Waals surface area contributed by atoms with Crippen LogP contribution in [0.25, 0.3) is 0 Å². The van der Waals surface area contributed by atoms with Gasteiger partial charge in [0.15, 0.2) is 0 Å². The van der Waals surface area contributed by atoms with Crippen molar-refractivity contribution < 1.29 is 30.0 Å². The molecule has 2 atom stereocenters. The average Bonchev–Trinajstić information content (AvgIpc) is 2.77. The molecule has 0 saturated carbocycles. The monoisotopic (exact) mass is 404 g/mol. The van der Waals surface area contributed by atoms with Crippen LogP contribution in [-0.4, -0.2) is 45.6 Å². The Morgan fingerprint density at radius 3 is 1.17 bits per heavy atom. The topological polar surface area (TPSA) is 115 Å². The van der Waals surface area contributed by atoms with Gasteiger partial charge < -0.3 is 20.4 Å². The number of carboxylic acids is 2. The highest BCUT2D eigenvalue weighted by Crippen LogP contribution is 2.17. The van der Waals surface area contributed by atoms with Gasteiger partial charge in [-0.15, -0.1) is 0 Å². The molecule has 0 aliphatic rings. The molecular weight excluding hydrogens is 372 g/mol. The summed E-state index contributed by atoms with van der Waals surface area (Å²) in [6.07, 6.45) is 2.97. The third kappa shape index (κ3) is 12.4. The molecule has 160 valence electrons. The van der Waals surface area contributed by atoms with E-state index >= 15 is 0 Å². The summed E-state index contributed by atoms with van der Waals surface area (Å²) in [5.41, 5.74) is 0.662. The van der Waals surface area contributed by atoms with Gasteiger partial charge >= 0.3 is 11.9 Å². The molecule has 0 fully saturated rings. The Kier molecular flexibility index (Phi) is 14.8. The molecule has 29 heavy (non-hydrogen) atoms. The Morgan fingerprint density at radius 2 is 1.00 bits per heavy atom. The van der Waals surface area contributed by atoms with Crippen molar-refractivity contribution in [2.24, 2.45) is 11.8 Å². The van der Waals surface area contributed by atoms with Gasteiger partial charge in [-0.05, 0) is 42.5 Å². The predicted molar refractivity (Wildman–Crippen MR) is 113 cm³/mol. The molecule has 0 spiro atoms. The Bertz CT molecular complexity index is 605. The summed E-state index contributed by atoms with van der Waals surface area (Å²) in [5.74, 6) is -0.995. The zero-order valence-corrected chi connectivity index (χ0v) is 17.1. The van der Waals surface area contributed by atoms with Crippen LogP contribution in [0.4, 0.5) is 0 Å². The third-order valence-electron chi connectivity index (χ3n) is 4.38. The molecule has 6 heteroatoms. The highest BCUT2D eigenvalue weighted by molar-refractivity contribution is 5.87. The van der Waals surface area contributed by atoms with Gasteiger partial charge in [0.1, 0.15) is 0 Å². The Morgan fingerprint density at radius 1 is 0.690 bits per heavy atom. The van der Waals surface area contributed by atoms with E-state index in [0.717, 1.165) is 19.3 Å². The van der Waals surface area contributed by atoms with Crippen LogP contribution in [0.15, 0.2) is 60.7 Å². The maximum Gasteiger partial charge on any atom is 0.335 e. The smallest absolute Gasteiger partial charge is 0.335 e. The van der Waals surface area contributed by atoms with E-state index in [9.17, 15) is 9.59 Å². The van der Waals surface area contributed by atoms with Crippen LogP contribution in [-0.2, 0) is 0 Å². The van der Waals surface area contributed by atoms with Gasteiger partial charge in [-0.3, -0.25) is 0 Å². The highest BCUT2D eigenvalue weighted by Gasteiger charge is 2.11. The van der Waals surface area contributed by atoms with Gasteiger partial charge in [0, 0.05) is 13.2 Å². The van der Waals surface area contributed by atoms with Crippen LogP contribution in [0.2, 0.25) is 0 Å². The first-order chi connectivity index (χ1) is 13.9. The Hall–Kier alpha value is -2.70. The summed E-state index contributed by atoms with van der Waals surface area (Å²) in [7, 11) is 0. The van der Waals surface area contributed by atoms with E-state index in [1.807, 2.05) is 0 Å². The Balaban J connectivity index is 0.000000408. The fraction of sp³-hybridized carbons (Fsp3) is 0.391. The van der Waals surface area contributed by atoms with E-state index in [1.165, 1.54) is 0 Å². The number of benzene rings is 2. The third-order valence-corrected chi connectivity index (χ3v) is 4.38. The quantitative estimate of drug-likeness (QED) is 0.525. The fourth-order valence-corrected chi connectivity index (χ4v) is 2.37. The molecule has 4 N–H and O–H groups in total. The first-order valence-corrected chi connectivity index (χ1v) is 9.67. The number of hydrogen-bond donors (Lipinski definition) is 4. The second-order valence-electron chi connectivity index (χ2n) is 6.49. The summed E-state index contributed by atoms with van der Waals surface area (Å²) >= 11 is 0. The zero-order valence-electron chi connectivity index (χ0n) is 17.1. The van der Waals surface area contributed by atoms with Crippen LogP contribution in [0.1, 0.15) is 53.8 Å². The fourth-order valence-electron chi connectivity index (χ4n) is 2.37. The van der Waals surface area contributed by atoms with Crippen molar-refractivity contribution in [1.29, 1.82) is 0 Å². The first kappa shape index (κ1) is 26.3. The number of carboxylic acid groups (broad SMARTS) is 2. The molecule has 2 rings (SSSR count). The maximum absolute atomic E-state index is 10.2. The molecule has 2 aromatic rings. The molecule has 0 saturated heterocycles. The van der Waals surface area contributed by atoms with Crippen molar-refractivity contribution in [3.05, 3.63) is 71.8 Å². The normalized spacial score (nSPS) is 11.7. The van der Waals surface area contributed by atoms with E-state index in [4.69, 9.17) is 20.4 Å². The second-order valence-corrected chi connectivity index (χ2v) is 6.49. The number of hydrogen-bond acceptors (Lipinski definition) is 4. The molecule has 0 radical (unpaired) electrons. The van der Waals surface area contributed by atoms with Crippen LogP contribution in [0.5, 0.6) is 0 Å². The summed E-state index contributed by atoms with van der Waals surface area (Å²) in [6, 6.07) is 16.6. The summed E-state index contributed by atoms with van der Waals surface area (Å²) < 4.78 is 0. The summed E-state index contributed by atoms with van der Waals surface area (Å²) in [5, 5.41) is 34.5. The van der Waals surface area contributed by atoms with Gasteiger partial charge in [0.25, 0.3) is 0 Å². The number of aromatic carboxylic acids is 2. The van der Waals surface area contributed by atoms with Crippen LogP contribution < -0.4 is 0 Å². The molecule has 6 nitrogen and oxygen atoms in total. The van der Waals surface area contributed by atoms with Gasteiger partial charge in [0.2, 0.25) is 0 Å². The molecule has 2 unspecified atom stereocenters. The molecule has 0 amide bonds. The number of aliphatic hydroxyl groups excluding tert-OH is 2. The molecule has 0 aliphatic heterocycles. The molecule has 0 bridgehead atoms. The van der Waals surface area contributed by atoms with E-state index in [2.05, 4.69) is 13.8 Å². The maximum atomic E-state index is 10.2. The average molecular weight is 405 g/mol. The van der Waals surface area contributed by atoms with Crippen molar-refractivity contribution in [3.63, 3.8) is 0 Å². The summed E-state index contributed by atoms with van der Waals surface area (Å²) in [6.45, 7) is 4.66. The molecule has 0 heterocycles. The number of rotatable bonds is 8. The lowest BCUT2D eigenvalue weighted by Crippen LogP contribution is -2.14. The van der Waals surface area contributed by atoms with E-state index in [1.54, 1.807) is 60.7 Å². The van der Waals surface area contributed by atoms with Crippen molar-refractivity contribution in [1.82, 2.24) is 0 Å². The SMILES string of the molecule is CCC(CO)CC(CC)CO.O=C(O)c1ccccc1.O=C(O)c1ccccc1. The first-order valence-electron chi connectivity index (χ1n) is 9.67. The lowest BCUT2D eigenvalue weighted by molar-refractivity contribution is 0.0686. The minimum absolute atomic E-state index is 0.257. The molecule has 0 aromatic heterocycles. The zero-order chi connectivity index (χ0) is 22.1. The largest absolute Gasteiger partial charge is 0.478 e. The number of aliphatic hydroxyl groups is 2. The van der Waals surface area contributed by atoms with Crippen LogP contribution >= 0.6 is 0 Å². The molecule has 2 aromatic carbocycles. The second kappa shape index (κ2) is 16.3. The minimum atomic E-state index is -0.879. The highest BCUT2D eigenvalue weighted by atomic mass is 16.4. The van der Waals surface area contributed by atoms with Gasteiger partial charge in [0.05, 0.1) is 11.1 Å². The Labute approximate surface area is 172 Å². The molecular formula is C23H32O6. The standard InChI is InChI=1S/C9H20O2.2C7H6O2/c1-3-8(6-10)5-9(4-2)7-11;2*8-7(9)6-4-2-1-3-5-6/h8-11H,3-7H2,1-2H3;2*1-5H,(H,8,9). The van der Waals surface area contributed by atoms with Crippen LogP contribution in [0, 0.1) is 11.8 Å².